The van der Waals surface area contributed by atoms with Crippen molar-refractivity contribution in [3.8, 4) is 0 Å². The Bertz CT molecular complexity index is 857. The largest absolute Gasteiger partial charge is 0.418 e. The number of rotatable bonds is 3. The third-order valence-electron chi connectivity index (χ3n) is 3.65. The molecule has 1 aliphatic rings. The number of hydrazine groups is 1. The summed E-state index contributed by atoms with van der Waals surface area (Å²) in [6.45, 7) is 3.69. The molecular weight excluding hydrogens is 347 g/mol. The molecule has 7 heteroatoms. The zero-order chi connectivity index (χ0) is 18.0. The number of aliphatic imine (C=N–C) groups is 1. The van der Waals surface area contributed by atoms with Crippen molar-refractivity contribution >= 4 is 28.8 Å². The zero-order valence-corrected chi connectivity index (χ0v) is 14.4. The summed E-state index contributed by atoms with van der Waals surface area (Å²) in [6.07, 6.45) is -4.41. The normalized spacial score (nSPS) is 16.0. The standard InChI is InChI=1S/C18H16F3N3S/c1-11-17(25-16-10-6-5-9-15(16)22-11)12(2)23-24-14-8-4-3-7-13(14)18(19,20)21/h3-10,23-24H,1-2H3/b17-12-. The summed E-state index contributed by atoms with van der Waals surface area (Å²) in [6, 6.07) is 13.1. The molecule has 2 N–H and O–H groups in total. The van der Waals surface area contributed by atoms with Crippen LogP contribution in [0.1, 0.15) is 19.4 Å². The van der Waals surface area contributed by atoms with Gasteiger partial charge in [0.2, 0.25) is 0 Å². The summed E-state index contributed by atoms with van der Waals surface area (Å²) in [7, 11) is 0. The van der Waals surface area contributed by atoms with E-state index in [9.17, 15) is 13.2 Å². The summed E-state index contributed by atoms with van der Waals surface area (Å²) >= 11 is 1.54. The van der Waals surface area contributed by atoms with E-state index >= 15 is 0 Å². The van der Waals surface area contributed by atoms with Crippen molar-refractivity contribution in [3.63, 3.8) is 0 Å². The van der Waals surface area contributed by atoms with Gasteiger partial charge >= 0.3 is 6.18 Å². The van der Waals surface area contributed by atoms with Gasteiger partial charge in [-0.3, -0.25) is 4.99 Å². The van der Waals surface area contributed by atoms with Gasteiger partial charge in [-0.15, -0.1) is 0 Å². The average molecular weight is 363 g/mol. The highest BCUT2D eigenvalue weighted by molar-refractivity contribution is 8.04. The molecular formula is C18H16F3N3S. The SMILES string of the molecule is CC1=Nc2ccccc2S/C1=C(/C)NNc1ccccc1C(F)(F)F. The molecule has 0 saturated carbocycles. The van der Waals surface area contributed by atoms with Gasteiger partial charge in [0.25, 0.3) is 0 Å². The monoisotopic (exact) mass is 363 g/mol. The van der Waals surface area contributed by atoms with Crippen molar-refractivity contribution in [3.05, 3.63) is 64.7 Å². The van der Waals surface area contributed by atoms with Crippen LogP contribution in [-0.4, -0.2) is 5.71 Å². The molecule has 2 aromatic rings. The summed E-state index contributed by atoms with van der Waals surface area (Å²) in [5.74, 6) is 0. The van der Waals surface area contributed by atoms with Crippen molar-refractivity contribution in [2.45, 2.75) is 24.9 Å². The second-order valence-corrected chi connectivity index (χ2v) is 6.57. The molecule has 0 bridgehead atoms. The Balaban J connectivity index is 1.82. The van der Waals surface area contributed by atoms with Crippen LogP contribution in [-0.2, 0) is 6.18 Å². The number of hydrogen-bond acceptors (Lipinski definition) is 4. The Kier molecular flexibility index (Phi) is 4.76. The minimum absolute atomic E-state index is 0.0225. The molecule has 0 unspecified atom stereocenters. The van der Waals surface area contributed by atoms with Gasteiger partial charge < -0.3 is 10.9 Å². The lowest BCUT2D eigenvalue weighted by Gasteiger charge is -2.20. The van der Waals surface area contributed by atoms with Crippen LogP contribution in [0.25, 0.3) is 0 Å². The highest BCUT2D eigenvalue weighted by Crippen LogP contribution is 2.41. The van der Waals surface area contributed by atoms with Crippen LogP contribution in [0.2, 0.25) is 0 Å². The van der Waals surface area contributed by atoms with Crippen molar-refractivity contribution in [1.82, 2.24) is 5.43 Å². The van der Waals surface area contributed by atoms with Crippen molar-refractivity contribution in [2.24, 2.45) is 4.99 Å². The Hall–Kier alpha value is -2.41. The van der Waals surface area contributed by atoms with Gasteiger partial charge in [-0.1, -0.05) is 36.0 Å². The molecule has 0 fully saturated rings. The second kappa shape index (κ2) is 6.84. The van der Waals surface area contributed by atoms with E-state index in [1.807, 2.05) is 31.2 Å². The predicted molar refractivity (Wildman–Crippen MR) is 96.0 cm³/mol. The lowest BCUT2D eigenvalue weighted by atomic mass is 10.2. The molecule has 0 amide bonds. The van der Waals surface area contributed by atoms with Gasteiger partial charge in [-0.25, -0.2) is 0 Å². The molecule has 1 aliphatic heterocycles. The van der Waals surface area contributed by atoms with E-state index in [1.54, 1.807) is 24.8 Å². The Morgan fingerprint density at radius 3 is 2.48 bits per heavy atom. The van der Waals surface area contributed by atoms with Gasteiger partial charge in [0.1, 0.15) is 0 Å². The fourth-order valence-corrected chi connectivity index (χ4v) is 3.44. The number of thioether (sulfide) groups is 1. The number of fused-ring (bicyclic) bond motifs is 1. The summed E-state index contributed by atoms with van der Waals surface area (Å²) in [5, 5.41) is 0. The smallest absolute Gasteiger partial charge is 0.304 e. The van der Waals surface area contributed by atoms with E-state index in [0.717, 1.165) is 27.3 Å². The van der Waals surface area contributed by atoms with Gasteiger partial charge in [-0.2, -0.15) is 13.2 Å². The molecule has 0 radical (unpaired) electrons. The zero-order valence-electron chi connectivity index (χ0n) is 13.6. The molecule has 0 saturated heterocycles. The maximum atomic E-state index is 13.1. The summed E-state index contributed by atoms with van der Waals surface area (Å²) in [4.78, 5) is 6.45. The number of nitrogens with one attached hydrogen (secondary N) is 2. The van der Waals surface area contributed by atoms with Gasteiger partial charge in [0.05, 0.1) is 27.6 Å². The van der Waals surface area contributed by atoms with Gasteiger partial charge in [0.15, 0.2) is 0 Å². The fourth-order valence-electron chi connectivity index (χ4n) is 2.46. The Morgan fingerprint density at radius 1 is 1.04 bits per heavy atom. The molecule has 0 spiro atoms. The van der Waals surface area contributed by atoms with Crippen LogP contribution in [0.3, 0.4) is 0 Å². The van der Waals surface area contributed by atoms with Crippen LogP contribution < -0.4 is 10.9 Å². The first kappa shape index (κ1) is 17.4. The third kappa shape index (κ3) is 3.82. The van der Waals surface area contributed by atoms with Crippen molar-refractivity contribution in [1.29, 1.82) is 0 Å². The molecule has 25 heavy (non-hydrogen) atoms. The first-order valence-electron chi connectivity index (χ1n) is 7.58. The molecule has 1 heterocycles. The van der Waals surface area contributed by atoms with Gasteiger partial charge in [0, 0.05) is 10.6 Å². The van der Waals surface area contributed by atoms with Crippen LogP contribution in [0.4, 0.5) is 24.5 Å². The number of halogens is 3. The molecule has 3 rings (SSSR count). The minimum Gasteiger partial charge on any atom is -0.304 e. The van der Waals surface area contributed by atoms with Gasteiger partial charge in [-0.05, 0) is 38.1 Å². The fraction of sp³-hybridized carbons (Fsp3) is 0.167. The average Bonchev–Trinajstić information content (AvgIpc) is 2.58. The predicted octanol–water partition coefficient (Wildman–Crippen LogP) is 5.75. The molecule has 0 aromatic heterocycles. The second-order valence-electron chi connectivity index (χ2n) is 5.51. The number of allylic oxidation sites excluding steroid dienone is 2. The first-order chi connectivity index (χ1) is 11.9. The molecule has 130 valence electrons. The van der Waals surface area contributed by atoms with E-state index in [-0.39, 0.29) is 5.69 Å². The lowest BCUT2D eigenvalue weighted by Crippen LogP contribution is -2.24. The number of hydrogen-bond donors (Lipinski definition) is 2. The van der Waals surface area contributed by atoms with Crippen LogP contribution in [0.5, 0.6) is 0 Å². The summed E-state index contributed by atoms with van der Waals surface area (Å²) < 4.78 is 39.2. The van der Waals surface area contributed by atoms with E-state index in [2.05, 4.69) is 15.8 Å². The van der Waals surface area contributed by atoms with Crippen LogP contribution in [0.15, 0.2) is 69.0 Å². The number of para-hydroxylation sites is 2. The molecule has 0 aliphatic carbocycles. The first-order valence-corrected chi connectivity index (χ1v) is 8.39. The van der Waals surface area contributed by atoms with E-state index in [4.69, 9.17) is 0 Å². The number of benzene rings is 2. The Morgan fingerprint density at radius 2 is 1.72 bits per heavy atom. The number of alkyl halides is 3. The lowest BCUT2D eigenvalue weighted by molar-refractivity contribution is -0.137. The molecule has 2 aromatic carbocycles. The van der Waals surface area contributed by atoms with Crippen molar-refractivity contribution in [2.75, 3.05) is 5.43 Å². The summed E-state index contributed by atoms with van der Waals surface area (Å²) in [5.41, 5.74) is 7.22. The number of anilines is 1. The topological polar surface area (TPSA) is 36.4 Å². The maximum Gasteiger partial charge on any atom is 0.418 e. The van der Waals surface area contributed by atoms with Crippen molar-refractivity contribution < 1.29 is 13.2 Å². The minimum atomic E-state index is -4.41. The van der Waals surface area contributed by atoms with Crippen LogP contribution >= 0.6 is 11.8 Å². The van der Waals surface area contributed by atoms with E-state index in [0.29, 0.717) is 5.70 Å². The van der Waals surface area contributed by atoms with E-state index in [1.165, 1.54) is 12.1 Å². The Labute approximate surface area is 148 Å². The molecule has 0 atom stereocenters. The highest BCUT2D eigenvalue weighted by Gasteiger charge is 2.33. The highest BCUT2D eigenvalue weighted by atomic mass is 32.2. The van der Waals surface area contributed by atoms with Crippen LogP contribution in [0, 0.1) is 0 Å². The quantitative estimate of drug-likeness (QED) is 0.682. The maximum absolute atomic E-state index is 13.1. The third-order valence-corrected chi connectivity index (χ3v) is 5.02. The number of nitrogens with zero attached hydrogens (tertiary/aromatic N) is 1. The molecule has 3 nitrogen and oxygen atoms in total. The van der Waals surface area contributed by atoms with E-state index < -0.39 is 11.7 Å².